The van der Waals surface area contributed by atoms with E-state index >= 15 is 0 Å². The second-order valence-corrected chi connectivity index (χ2v) is 3.67. The number of aromatic carboxylic acids is 1. The highest BCUT2D eigenvalue weighted by atomic mass is 16.4. The van der Waals surface area contributed by atoms with Crippen LogP contribution in [0.15, 0.2) is 40.8 Å². The van der Waals surface area contributed by atoms with Crippen LogP contribution in [0.3, 0.4) is 0 Å². The van der Waals surface area contributed by atoms with Crippen LogP contribution in [0, 0.1) is 0 Å². The molecule has 91 valence electrons. The second kappa shape index (κ2) is 4.75. The van der Waals surface area contributed by atoms with Crippen LogP contribution >= 0.6 is 0 Å². The van der Waals surface area contributed by atoms with Gasteiger partial charge in [0.25, 0.3) is 0 Å². The predicted molar refractivity (Wildman–Crippen MR) is 65.2 cm³/mol. The summed E-state index contributed by atoms with van der Waals surface area (Å²) < 4.78 is 5.17. The van der Waals surface area contributed by atoms with Crippen LogP contribution in [0.4, 0.5) is 5.69 Å². The van der Waals surface area contributed by atoms with Crippen molar-refractivity contribution in [1.82, 2.24) is 0 Å². The highest BCUT2D eigenvalue weighted by molar-refractivity contribution is 5.85. The molecule has 1 amide bonds. The number of furan rings is 1. The molecule has 1 aromatic heterocycles. The third-order valence-electron chi connectivity index (χ3n) is 2.49. The maximum Gasteiger partial charge on any atom is 0.371 e. The van der Waals surface area contributed by atoms with Gasteiger partial charge in [-0.15, -0.1) is 0 Å². The van der Waals surface area contributed by atoms with Crippen molar-refractivity contribution in [1.29, 1.82) is 0 Å². The fraction of sp³-hybridized carbons (Fsp3) is 0.0769. The molecule has 0 unspecified atom stereocenters. The monoisotopic (exact) mass is 244 g/mol. The lowest BCUT2D eigenvalue weighted by molar-refractivity contribution is 0.0663. The summed E-state index contributed by atoms with van der Waals surface area (Å²) in [4.78, 5) is 22.5. The summed E-state index contributed by atoms with van der Waals surface area (Å²) in [6.07, 6.45) is 1.74. The summed E-state index contributed by atoms with van der Waals surface area (Å²) in [5, 5.41) is 8.75. The van der Waals surface area contributed by atoms with Crippen LogP contribution in [-0.2, 0) is 4.79 Å². The van der Waals surface area contributed by atoms with Gasteiger partial charge in [0.1, 0.15) is 5.76 Å². The average Bonchev–Trinajstić information content (AvgIpc) is 2.88. The van der Waals surface area contributed by atoms with Crippen LogP contribution in [-0.4, -0.2) is 24.5 Å². The minimum absolute atomic E-state index is 0.104. The number of carbonyl (C=O) groups is 1. The number of anilines is 1. The topological polar surface area (TPSA) is 70.8 Å². The van der Waals surface area contributed by atoms with Gasteiger partial charge in [-0.25, -0.2) is 4.79 Å². The first kappa shape index (κ1) is 11.9. The average molecular weight is 244 g/mol. The third-order valence-corrected chi connectivity index (χ3v) is 2.49. The molecule has 0 saturated heterocycles. The quantitative estimate of drug-likeness (QED) is 0.836. The molecule has 5 nitrogen and oxygen atoms in total. The first-order valence-electron chi connectivity index (χ1n) is 5.17. The van der Waals surface area contributed by atoms with Gasteiger partial charge < -0.3 is 14.4 Å². The molecule has 0 aliphatic rings. The Morgan fingerprint density at radius 3 is 2.39 bits per heavy atom. The Morgan fingerprint density at radius 1 is 1.22 bits per heavy atom. The Balaban J connectivity index is 2.28. The van der Waals surface area contributed by atoms with Gasteiger partial charge in [0, 0.05) is 18.3 Å². The molecular formula is C13H10NO4. The second-order valence-electron chi connectivity index (χ2n) is 3.67. The molecule has 1 radical (unpaired) electrons. The molecule has 0 fully saturated rings. The Bertz CT molecular complexity index is 571. The van der Waals surface area contributed by atoms with Gasteiger partial charge in [-0.2, -0.15) is 0 Å². The number of nitrogens with zero attached hydrogens (tertiary/aromatic N) is 1. The first-order chi connectivity index (χ1) is 8.61. The van der Waals surface area contributed by atoms with Gasteiger partial charge in [-0.05, 0) is 36.4 Å². The largest absolute Gasteiger partial charge is 0.475 e. The van der Waals surface area contributed by atoms with Crippen molar-refractivity contribution in [2.45, 2.75) is 0 Å². The maximum atomic E-state index is 10.7. The zero-order chi connectivity index (χ0) is 13.1. The molecule has 0 bridgehead atoms. The van der Waals surface area contributed by atoms with E-state index in [0.717, 1.165) is 5.56 Å². The van der Waals surface area contributed by atoms with Gasteiger partial charge in [0.05, 0.1) is 0 Å². The molecule has 1 aromatic carbocycles. The van der Waals surface area contributed by atoms with Crippen molar-refractivity contribution in [3.05, 3.63) is 42.2 Å². The molecule has 0 aliphatic carbocycles. The van der Waals surface area contributed by atoms with E-state index in [4.69, 9.17) is 9.52 Å². The van der Waals surface area contributed by atoms with Gasteiger partial charge in [-0.3, -0.25) is 4.79 Å². The minimum atomic E-state index is -1.10. The SMILES string of the molecule is CN([C]=O)c1ccc(-c2ccc(C(=O)O)o2)cc1. The van der Waals surface area contributed by atoms with E-state index in [0.29, 0.717) is 11.4 Å². The van der Waals surface area contributed by atoms with Gasteiger partial charge >= 0.3 is 12.4 Å². The van der Waals surface area contributed by atoms with E-state index in [9.17, 15) is 9.59 Å². The summed E-state index contributed by atoms with van der Waals surface area (Å²) in [6, 6.07) is 9.93. The summed E-state index contributed by atoms with van der Waals surface area (Å²) in [5.41, 5.74) is 1.43. The number of hydrogen-bond donors (Lipinski definition) is 1. The molecule has 1 N–H and O–H groups in total. The molecule has 2 aromatic rings. The molecule has 1 heterocycles. The maximum absolute atomic E-state index is 10.7. The third kappa shape index (κ3) is 2.24. The number of amides is 1. The standard InChI is InChI=1S/C13H10NO4/c1-14(8-15)10-4-2-9(3-5-10)11-6-7-12(18-11)13(16)17/h2-7H,1H3,(H,16,17). The lowest BCUT2D eigenvalue weighted by Crippen LogP contribution is -2.13. The number of carboxylic acids is 1. The fourth-order valence-electron chi connectivity index (χ4n) is 1.51. The van der Waals surface area contributed by atoms with Gasteiger partial charge in [0.2, 0.25) is 5.76 Å². The molecule has 0 atom stereocenters. The molecule has 2 rings (SSSR count). The van der Waals surface area contributed by atoms with E-state index in [1.807, 2.05) is 0 Å². The molecule has 18 heavy (non-hydrogen) atoms. The zero-order valence-electron chi connectivity index (χ0n) is 9.58. The normalized spacial score (nSPS) is 10.1. The number of rotatable bonds is 4. The molecular weight excluding hydrogens is 234 g/mol. The van der Waals surface area contributed by atoms with Crippen molar-refractivity contribution in [2.24, 2.45) is 0 Å². The fourth-order valence-corrected chi connectivity index (χ4v) is 1.51. The molecule has 5 heteroatoms. The van der Waals surface area contributed by atoms with Crippen molar-refractivity contribution < 1.29 is 19.1 Å². The molecule has 0 aliphatic heterocycles. The van der Waals surface area contributed by atoms with Crippen molar-refractivity contribution in [3.8, 4) is 11.3 Å². The van der Waals surface area contributed by atoms with E-state index in [1.54, 1.807) is 43.8 Å². The lowest BCUT2D eigenvalue weighted by Gasteiger charge is -2.09. The zero-order valence-corrected chi connectivity index (χ0v) is 9.58. The molecule has 0 saturated carbocycles. The number of benzene rings is 1. The summed E-state index contributed by atoms with van der Waals surface area (Å²) >= 11 is 0. The van der Waals surface area contributed by atoms with E-state index < -0.39 is 5.97 Å². The Morgan fingerprint density at radius 2 is 1.89 bits per heavy atom. The lowest BCUT2D eigenvalue weighted by atomic mass is 10.1. The van der Waals surface area contributed by atoms with E-state index in [2.05, 4.69) is 0 Å². The number of hydrogen-bond acceptors (Lipinski definition) is 3. The molecule has 0 spiro atoms. The number of carbonyl (C=O) groups excluding carboxylic acids is 1. The highest BCUT2D eigenvalue weighted by Gasteiger charge is 2.10. The van der Waals surface area contributed by atoms with E-state index in [1.165, 1.54) is 11.0 Å². The Labute approximate surface area is 103 Å². The summed E-state index contributed by atoms with van der Waals surface area (Å²) in [6.45, 7) is 0. The Hall–Kier alpha value is -2.56. The summed E-state index contributed by atoms with van der Waals surface area (Å²) in [5.74, 6) is -0.739. The number of carboxylic acid groups (broad SMARTS) is 1. The minimum Gasteiger partial charge on any atom is -0.475 e. The van der Waals surface area contributed by atoms with Crippen LogP contribution in [0.25, 0.3) is 11.3 Å². The van der Waals surface area contributed by atoms with Gasteiger partial charge in [0.15, 0.2) is 0 Å². The van der Waals surface area contributed by atoms with Crippen molar-refractivity contribution in [3.63, 3.8) is 0 Å². The van der Waals surface area contributed by atoms with E-state index in [-0.39, 0.29) is 5.76 Å². The highest BCUT2D eigenvalue weighted by Crippen LogP contribution is 2.24. The predicted octanol–water partition coefficient (Wildman–Crippen LogP) is 2.15. The summed E-state index contributed by atoms with van der Waals surface area (Å²) in [7, 11) is 1.59. The smallest absolute Gasteiger partial charge is 0.371 e. The van der Waals surface area contributed by atoms with Crippen LogP contribution < -0.4 is 4.90 Å². The van der Waals surface area contributed by atoms with Gasteiger partial charge in [-0.1, -0.05) is 0 Å². The first-order valence-corrected chi connectivity index (χ1v) is 5.17. The van der Waals surface area contributed by atoms with Crippen molar-refractivity contribution in [2.75, 3.05) is 11.9 Å². The van der Waals surface area contributed by atoms with Crippen LogP contribution in [0.2, 0.25) is 0 Å². The van der Waals surface area contributed by atoms with Crippen LogP contribution in [0.5, 0.6) is 0 Å². The van der Waals surface area contributed by atoms with Crippen LogP contribution in [0.1, 0.15) is 10.6 Å². The Kier molecular flexibility index (Phi) is 3.14. The van der Waals surface area contributed by atoms with Crippen molar-refractivity contribution >= 4 is 18.1 Å².